The molecule has 0 spiro atoms. The maximum Gasteiger partial charge on any atom is 0.257 e. The van der Waals surface area contributed by atoms with E-state index in [9.17, 15) is 4.79 Å². The van der Waals surface area contributed by atoms with Crippen LogP contribution in [0.25, 0.3) is 28.1 Å². The second-order valence-electron chi connectivity index (χ2n) is 7.57. The molecule has 1 aliphatic heterocycles. The van der Waals surface area contributed by atoms with Crippen LogP contribution in [0.4, 0.5) is 5.69 Å². The lowest BCUT2D eigenvalue weighted by Crippen LogP contribution is -2.21. The molecule has 0 unspecified atom stereocenters. The number of hydrogen-bond acceptors (Lipinski definition) is 3. The van der Waals surface area contributed by atoms with Gasteiger partial charge in [0, 0.05) is 12.1 Å². The van der Waals surface area contributed by atoms with Crippen molar-refractivity contribution in [3.63, 3.8) is 0 Å². The third-order valence-corrected chi connectivity index (χ3v) is 5.83. The molecule has 1 aliphatic rings. The lowest BCUT2D eigenvalue weighted by atomic mass is 10.1. The number of amides is 1. The fourth-order valence-corrected chi connectivity index (χ4v) is 4.17. The molecule has 0 radical (unpaired) electrons. The first-order chi connectivity index (χ1) is 14.7. The lowest BCUT2D eigenvalue weighted by molar-refractivity contribution is 0.102. The van der Waals surface area contributed by atoms with Gasteiger partial charge in [0.2, 0.25) is 0 Å². The van der Waals surface area contributed by atoms with E-state index in [1.165, 1.54) is 5.56 Å². The number of carbonyl (C=O) groups excluding carboxylic acids is 1. The second kappa shape index (κ2) is 7.43. The average Bonchev–Trinajstić information content (AvgIpc) is 3.11. The van der Waals surface area contributed by atoms with Crippen molar-refractivity contribution in [2.24, 2.45) is 0 Å². The Hall–Kier alpha value is -3.44. The van der Waals surface area contributed by atoms with Crippen molar-refractivity contribution >= 4 is 22.6 Å². The minimum absolute atomic E-state index is 0.104. The van der Waals surface area contributed by atoms with Gasteiger partial charge < -0.3 is 5.32 Å². The van der Waals surface area contributed by atoms with E-state index in [2.05, 4.69) is 52.9 Å². The highest BCUT2D eigenvalue weighted by Crippen LogP contribution is 2.36. The number of anilines is 1. The molecular weight excluding hydrogens is 372 g/mol. The third-order valence-electron chi connectivity index (χ3n) is 5.83. The third kappa shape index (κ3) is 2.99. The maximum atomic E-state index is 12.8. The minimum Gasteiger partial charge on any atom is -0.320 e. The van der Waals surface area contributed by atoms with Gasteiger partial charge in [-0.3, -0.25) is 14.3 Å². The standard InChI is InChI=1S/C25H24N4O/c1-3-28(4-2)16-17-12-14-18(15-13-17)24-26-21-10-7-8-19-23(21)29(24)22-11-6-5-9-20(22)27-25(19)30/h5-15H,3-4,16H2,1-2H3,(H,27,30). The first kappa shape index (κ1) is 18.6. The van der Waals surface area contributed by atoms with Crippen LogP contribution < -0.4 is 5.32 Å². The Morgan fingerprint density at radius 2 is 1.70 bits per heavy atom. The van der Waals surface area contributed by atoms with Crippen LogP contribution in [0.5, 0.6) is 0 Å². The number of para-hydroxylation sites is 3. The second-order valence-corrected chi connectivity index (χ2v) is 7.57. The summed E-state index contributed by atoms with van der Waals surface area (Å²) in [5, 5.41) is 3.04. The Morgan fingerprint density at radius 3 is 2.47 bits per heavy atom. The highest BCUT2D eigenvalue weighted by atomic mass is 16.1. The van der Waals surface area contributed by atoms with E-state index in [1.54, 1.807) is 0 Å². The van der Waals surface area contributed by atoms with Crippen LogP contribution >= 0.6 is 0 Å². The maximum absolute atomic E-state index is 12.8. The van der Waals surface area contributed by atoms with E-state index in [0.717, 1.165) is 53.4 Å². The summed E-state index contributed by atoms with van der Waals surface area (Å²) in [6.45, 7) is 7.39. The van der Waals surface area contributed by atoms with Crippen molar-refractivity contribution in [1.82, 2.24) is 14.5 Å². The number of nitrogens with zero attached hydrogens (tertiary/aromatic N) is 3. The summed E-state index contributed by atoms with van der Waals surface area (Å²) in [7, 11) is 0. The van der Waals surface area contributed by atoms with Crippen LogP contribution in [-0.4, -0.2) is 33.4 Å². The molecule has 0 atom stereocenters. The molecule has 0 bridgehead atoms. The Morgan fingerprint density at radius 1 is 0.933 bits per heavy atom. The van der Waals surface area contributed by atoms with E-state index < -0.39 is 0 Å². The molecule has 0 saturated heterocycles. The Kier molecular flexibility index (Phi) is 4.60. The number of hydrogen-bond donors (Lipinski definition) is 1. The topological polar surface area (TPSA) is 50.2 Å². The molecule has 1 aromatic heterocycles. The summed E-state index contributed by atoms with van der Waals surface area (Å²) < 4.78 is 2.11. The Labute approximate surface area is 176 Å². The monoisotopic (exact) mass is 396 g/mol. The van der Waals surface area contributed by atoms with Gasteiger partial charge in [-0.1, -0.05) is 56.3 Å². The summed E-state index contributed by atoms with van der Waals surface area (Å²) >= 11 is 0. The first-order valence-electron chi connectivity index (χ1n) is 10.4. The van der Waals surface area contributed by atoms with Gasteiger partial charge >= 0.3 is 0 Å². The van der Waals surface area contributed by atoms with Crippen LogP contribution in [0, 0.1) is 0 Å². The largest absolute Gasteiger partial charge is 0.320 e. The lowest BCUT2D eigenvalue weighted by Gasteiger charge is -2.18. The number of fused-ring (bicyclic) bond motifs is 2. The van der Waals surface area contributed by atoms with Crippen LogP contribution in [-0.2, 0) is 6.54 Å². The van der Waals surface area contributed by atoms with Crippen LogP contribution in [0.3, 0.4) is 0 Å². The zero-order valence-electron chi connectivity index (χ0n) is 17.2. The average molecular weight is 396 g/mol. The van der Waals surface area contributed by atoms with Crippen molar-refractivity contribution in [1.29, 1.82) is 0 Å². The predicted molar refractivity (Wildman–Crippen MR) is 121 cm³/mol. The molecule has 0 aliphatic carbocycles. The zero-order chi connectivity index (χ0) is 20.7. The van der Waals surface area contributed by atoms with Crippen LogP contribution in [0.1, 0.15) is 29.8 Å². The molecule has 0 saturated carbocycles. The summed E-state index contributed by atoms with van der Waals surface area (Å²) in [4.78, 5) is 20.2. The van der Waals surface area contributed by atoms with Crippen LogP contribution in [0.15, 0.2) is 66.7 Å². The number of nitrogens with one attached hydrogen (secondary N) is 1. The number of aromatic nitrogens is 2. The van der Waals surface area contributed by atoms with E-state index in [1.807, 2.05) is 42.5 Å². The molecule has 30 heavy (non-hydrogen) atoms. The van der Waals surface area contributed by atoms with Gasteiger partial charge in [0.1, 0.15) is 5.82 Å². The van der Waals surface area contributed by atoms with E-state index in [4.69, 9.17) is 4.98 Å². The van der Waals surface area contributed by atoms with Gasteiger partial charge in [-0.05, 0) is 42.9 Å². The molecule has 0 fully saturated rings. The molecule has 1 N–H and O–H groups in total. The summed E-state index contributed by atoms with van der Waals surface area (Å²) in [5.74, 6) is 0.739. The molecule has 4 aromatic rings. The van der Waals surface area contributed by atoms with Gasteiger partial charge in [0.25, 0.3) is 5.91 Å². The zero-order valence-corrected chi connectivity index (χ0v) is 17.2. The normalized spacial score (nSPS) is 12.7. The molecule has 3 aromatic carbocycles. The molecule has 1 amide bonds. The van der Waals surface area contributed by atoms with Gasteiger partial charge in [-0.15, -0.1) is 0 Å². The van der Waals surface area contributed by atoms with E-state index >= 15 is 0 Å². The SMILES string of the molecule is CCN(CC)Cc1ccc(-c2nc3cccc4c3n2-c2ccccc2NC4=O)cc1. The van der Waals surface area contributed by atoms with Crippen molar-refractivity contribution in [3.8, 4) is 17.1 Å². The van der Waals surface area contributed by atoms with Crippen molar-refractivity contribution in [2.45, 2.75) is 20.4 Å². The van der Waals surface area contributed by atoms with Crippen molar-refractivity contribution < 1.29 is 4.79 Å². The Balaban J connectivity index is 1.68. The van der Waals surface area contributed by atoms with Gasteiger partial charge in [-0.2, -0.15) is 0 Å². The minimum atomic E-state index is -0.104. The van der Waals surface area contributed by atoms with Gasteiger partial charge in [0.15, 0.2) is 0 Å². The molecule has 2 heterocycles. The molecular formula is C25H24N4O. The van der Waals surface area contributed by atoms with Gasteiger partial charge in [0.05, 0.1) is 28.0 Å². The fraction of sp³-hybridized carbons (Fsp3) is 0.200. The summed E-state index contributed by atoms with van der Waals surface area (Å²) in [5.41, 5.74) is 6.35. The summed E-state index contributed by atoms with van der Waals surface area (Å²) in [6, 6.07) is 22.2. The highest BCUT2D eigenvalue weighted by Gasteiger charge is 2.25. The number of imidazole rings is 1. The van der Waals surface area contributed by atoms with Gasteiger partial charge in [-0.25, -0.2) is 4.98 Å². The first-order valence-corrected chi connectivity index (χ1v) is 10.4. The molecule has 5 heteroatoms. The number of carbonyl (C=O) groups is 1. The predicted octanol–water partition coefficient (Wildman–Crippen LogP) is 5.10. The molecule has 150 valence electrons. The quantitative estimate of drug-likeness (QED) is 0.511. The fourth-order valence-electron chi connectivity index (χ4n) is 4.17. The molecule has 5 rings (SSSR count). The number of benzene rings is 3. The smallest absolute Gasteiger partial charge is 0.257 e. The van der Waals surface area contributed by atoms with Crippen LogP contribution in [0.2, 0.25) is 0 Å². The molecule has 5 nitrogen and oxygen atoms in total. The van der Waals surface area contributed by atoms with Crippen molar-refractivity contribution in [3.05, 3.63) is 77.9 Å². The van der Waals surface area contributed by atoms with E-state index in [-0.39, 0.29) is 5.91 Å². The van der Waals surface area contributed by atoms with Crippen molar-refractivity contribution in [2.75, 3.05) is 18.4 Å². The Bertz CT molecular complexity index is 1240. The highest BCUT2D eigenvalue weighted by molar-refractivity contribution is 6.14. The summed E-state index contributed by atoms with van der Waals surface area (Å²) in [6.07, 6.45) is 0. The van der Waals surface area contributed by atoms with E-state index in [0.29, 0.717) is 5.56 Å². The number of rotatable bonds is 5.